The summed E-state index contributed by atoms with van der Waals surface area (Å²) < 4.78 is 19.6. The second-order valence-corrected chi connectivity index (χ2v) is 9.43. The molecule has 1 saturated carbocycles. The van der Waals surface area contributed by atoms with E-state index in [2.05, 4.69) is 4.98 Å². The van der Waals surface area contributed by atoms with Crippen LogP contribution in [0.2, 0.25) is 0 Å². The van der Waals surface area contributed by atoms with Gasteiger partial charge in [0.25, 0.3) is 0 Å². The predicted molar refractivity (Wildman–Crippen MR) is 126 cm³/mol. The molecule has 1 aliphatic heterocycles. The molecule has 6 heteroatoms. The maximum Gasteiger partial charge on any atom is 0.410 e. The highest BCUT2D eigenvalue weighted by molar-refractivity contribution is 5.86. The number of ether oxygens (including phenoxy) is 1. The smallest absolute Gasteiger partial charge is 0.410 e. The number of hydrogen-bond acceptors (Lipinski definition) is 3. The molecule has 5 nitrogen and oxygen atoms in total. The minimum Gasteiger partial charge on any atom is -0.445 e. The third-order valence-electron chi connectivity index (χ3n) is 7.26. The van der Waals surface area contributed by atoms with Crippen LogP contribution in [0.5, 0.6) is 0 Å². The molecular weight excluding hydrogens is 419 g/mol. The summed E-state index contributed by atoms with van der Waals surface area (Å²) in [4.78, 5) is 18.1. The SMILES string of the molecule is O=C(OCc1ccccc1)N1CC[C@@H](O)[C@H](c2c(C3CCCCC3)[nH]c3cc(F)ccc23)C1. The highest BCUT2D eigenvalue weighted by Gasteiger charge is 2.36. The third kappa shape index (κ3) is 4.62. The zero-order chi connectivity index (χ0) is 22.8. The van der Waals surface area contributed by atoms with Crippen LogP contribution in [0.1, 0.15) is 67.2 Å². The number of aromatic amines is 1. The number of carbonyl (C=O) groups is 1. The molecule has 2 aromatic carbocycles. The number of amides is 1. The Bertz CT molecular complexity index is 1110. The van der Waals surface area contributed by atoms with Crippen LogP contribution in [0.4, 0.5) is 9.18 Å². The second kappa shape index (κ2) is 9.56. The lowest BCUT2D eigenvalue weighted by Gasteiger charge is -2.37. The molecule has 0 spiro atoms. The Kier molecular flexibility index (Phi) is 6.36. The van der Waals surface area contributed by atoms with E-state index in [1.165, 1.54) is 31.4 Å². The average Bonchev–Trinajstić information content (AvgIpc) is 3.22. The lowest BCUT2D eigenvalue weighted by atomic mass is 9.80. The Hall–Kier alpha value is -2.86. The van der Waals surface area contributed by atoms with E-state index in [4.69, 9.17) is 4.74 Å². The summed E-state index contributed by atoms with van der Waals surface area (Å²) in [6.07, 6.45) is 5.35. The summed E-state index contributed by atoms with van der Waals surface area (Å²) in [6, 6.07) is 14.4. The van der Waals surface area contributed by atoms with Gasteiger partial charge in [-0.1, -0.05) is 49.6 Å². The Balaban J connectivity index is 1.42. The number of H-pyrrole nitrogens is 1. The average molecular weight is 451 g/mol. The van der Waals surface area contributed by atoms with Crippen molar-refractivity contribution in [3.63, 3.8) is 0 Å². The number of aliphatic hydroxyl groups excluding tert-OH is 1. The van der Waals surface area contributed by atoms with Crippen molar-refractivity contribution >= 4 is 17.0 Å². The van der Waals surface area contributed by atoms with Crippen molar-refractivity contribution in [3.8, 4) is 0 Å². The van der Waals surface area contributed by atoms with Gasteiger partial charge in [0.15, 0.2) is 0 Å². The molecule has 1 aromatic heterocycles. The zero-order valence-electron chi connectivity index (χ0n) is 18.8. The van der Waals surface area contributed by atoms with E-state index < -0.39 is 6.10 Å². The molecule has 5 rings (SSSR count). The standard InChI is InChI=1S/C27H31FN2O3/c28-20-11-12-21-23(15-20)29-26(19-9-5-2-6-10-19)25(21)22-16-30(14-13-24(22)31)27(32)33-17-18-7-3-1-4-8-18/h1,3-4,7-8,11-12,15,19,22,24,29,31H,2,5-6,9-10,13-14,16-17H2/t22-,24-/m1/s1. The number of carbonyl (C=O) groups excluding carboxylic acids is 1. The summed E-state index contributed by atoms with van der Waals surface area (Å²) in [5.74, 6) is -0.142. The fourth-order valence-electron chi connectivity index (χ4n) is 5.52. The van der Waals surface area contributed by atoms with Gasteiger partial charge in [-0.3, -0.25) is 0 Å². The molecule has 1 amide bonds. The van der Waals surface area contributed by atoms with Gasteiger partial charge in [-0.2, -0.15) is 0 Å². The number of fused-ring (bicyclic) bond motifs is 1. The van der Waals surface area contributed by atoms with Gasteiger partial charge >= 0.3 is 6.09 Å². The Morgan fingerprint density at radius 2 is 1.88 bits per heavy atom. The van der Waals surface area contributed by atoms with Gasteiger partial charge in [-0.15, -0.1) is 0 Å². The van der Waals surface area contributed by atoms with E-state index in [0.29, 0.717) is 25.4 Å². The lowest BCUT2D eigenvalue weighted by molar-refractivity contribution is 0.0424. The normalized spacial score (nSPS) is 21.9. The number of aliphatic hydroxyl groups is 1. The number of halogens is 1. The highest BCUT2D eigenvalue weighted by atomic mass is 19.1. The monoisotopic (exact) mass is 450 g/mol. The summed E-state index contributed by atoms with van der Waals surface area (Å²) in [5.41, 5.74) is 3.86. The first-order chi connectivity index (χ1) is 16.1. The van der Waals surface area contributed by atoms with Crippen molar-refractivity contribution < 1.29 is 19.0 Å². The third-order valence-corrected chi connectivity index (χ3v) is 7.26. The zero-order valence-corrected chi connectivity index (χ0v) is 18.8. The van der Waals surface area contributed by atoms with Crippen LogP contribution < -0.4 is 0 Å². The number of benzene rings is 2. The van der Waals surface area contributed by atoms with Gasteiger partial charge in [-0.25, -0.2) is 9.18 Å². The molecule has 2 aliphatic rings. The van der Waals surface area contributed by atoms with Crippen molar-refractivity contribution in [2.45, 2.75) is 63.1 Å². The summed E-state index contributed by atoms with van der Waals surface area (Å²) >= 11 is 0. The molecule has 2 atom stereocenters. The Labute approximate surface area is 193 Å². The van der Waals surface area contributed by atoms with Crippen LogP contribution in [0.3, 0.4) is 0 Å². The maximum absolute atomic E-state index is 14.0. The molecule has 1 aliphatic carbocycles. The van der Waals surface area contributed by atoms with Gasteiger partial charge in [0.2, 0.25) is 0 Å². The molecule has 2 N–H and O–H groups in total. The van der Waals surface area contributed by atoms with Gasteiger partial charge in [-0.05, 0) is 54.5 Å². The van der Waals surface area contributed by atoms with E-state index in [0.717, 1.165) is 40.6 Å². The van der Waals surface area contributed by atoms with Crippen LogP contribution in [0.15, 0.2) is 48.5 Å². The molecule has 0 bridgehead atoms. The molecule has 0 unspecified atom stereocenters. The van der Waals surface area contributed by atoms with Crippen molar-refractivity contribution in [2.75, 3.05) is 13.1 Å². The number of hydrogen-bond donors (Lipinski definition) is 2. The predicted octanol–water partition coefficient (Wildman–Crippen LogP) is 5.84. The first-order valence-corrected chi connectivity index (χ1v) is 12.0. The molecule has 33 heavy (non-hydrogen) atoms. The number of rotatable bonds is 4. The number of nitrogens with one attached hydrogen (secondary N) is 1. The Morgan fingerprint density at radius 1 is 1.09 bits per heavy atom. The van der Waals surface area contributed by atoms with Crippen LogP contribution in [0.25, 0.3) is 10.9 Å². The van der Waals surface area contributed by atoms with Gasteiger partial charge in [0.05, 0.1) is 6.10 Å². The molecule has 2 fully saturated rings. The lowest BCUT2D eigenvalue weighted by Crippen LogP contribution is -2.45. The van der Waals surface area contributed by atoms with E-state index in [1.807, 2.05) is 36.4 Å². The second-order valence-electron chi connectivity index (χ2n) is 9.43. The number of piperidine rings is 1. The fourth-order valence-corrected chi connectivity index (χ4v) is 5.52. The minimum absolute atomic E-state index is 0.225. The van der Waals surface area contributed by atoms with Gasteiger partial charge in [0.1, 0.15) is 12.4 Å². The van der Waals surface area contributed by atoms with E-state index in [1.54, 1.807) is 4.90 Å². The van der Waals surface area contributed by atoms with Gasteiger partial charge < -0.3 is 19.7 Å². The summed E-state index contributed by atoms with van der Waals surface area (Å²) in [5, 5.41) is 12.0. The first kappa shape index (κ1) is 22.0. The quantitative estimate of drug-likeness (QED) is 0.525. The highest BCUT2D eigenvalue weighted by Crippen LogP contribution is 2.42. The van der Waals surface area contributed by atoms with E-state index in [-0.39, 0.29) is 24.4 Å². The molecule has 2 heterocycles. The van der Waals surface area contributed by atoms with Crippen LogP contribution in [-0.2, 0) is 11.3 Å². The molecule has 3 aromatic rings. The number of nitrogens with zero attached hydrogens (tertiary/aromatic N) is 1. The van der Waals surface area contributed by atoms with E-state index >= 15 is 0 Å². The molecule has 0 radical (unpaired) electrons. The summed E-state index contributed by atoms with van der Waals surface area (Å²) in [7, 11) is 0. The Morgan fingerprint density at radius 3 is 2.67 bits per heavy atom. The van der Waals surface area contributed by atoms with Crippen molar-refractivity contribution in [2.24, 2.45) is 0 Å². The van der Waals surface area contributed by atoms with Crippen molar-refractivity contribution in [3.05, 3.63) is 71.2 Å². The van der Waals surface area contributed by atoms with Gasteiger partial charge in [0, 0.05) is 35.6 Å². The van der Waals surface area contributed by atoms with Crippen molar-refractivity contribution in [1.29, 1.82) is 0 Å². The number of likely N-dealkylation sites (tertiary alicyclic amines) is 1. The van der Waals surface area contributed by atoms with Crippen molar-refractivity contribution in [1.82, 2.24) is 9.88 Å². The molecular formula is C27H31FN2O3. The summed E-state index contributed by atoms with van der Waals surface area (Å²) in [6.45, 7) is 1.07. The largest absolute Gasteiger partial charge is 0.445 e. The van der Waals surface area contributed by atoms with E-state index in [9.17, 15) is 14.3 Å². The molecule has 174 valence electrons. The van der Waals surface area contributed by atoms with Crippen LogP contribution in [-0.4, -0.2) is 40.3 Å². The number of aromatic nitrogens is 1. The molecule has 1 saturated heterocycles. The van der Waals surface area contributed by atoms with Crippen LogP contribution in [0, 0.1) is 5.82 Å². The first-order valence-electron chi connectivity index (χ1n) is 12.0. The van der Waals surface area contributed by atoms with Crippen LogP contribution >= 0.6 is 0 Å². The fraction of sp³-hybridized carbons (Fsp3) is 0.444. The topological polar surface area (TPSA) is 65.6 Å². The minimum atomic E-state index is -0.561. The maximum atomic E-state index is 14.0.